The number of benzene rings is 1. The summed E-state index contributed by atoms with van der Waals surface area (Å²) in [5.41, 5.74) is 1.16. The van der Waals surface area contributed by atoms with Crippen LogP contribution in [-0.2, 0) is 0 Å². The fourth-order valence-corrected chi connectivity index (χ4v) is 3.90. The number of fused-ring (bicyclic) bond motifs is 1. The zero-order valence-electron chi connectivity index (χ0n) is 17.1. The Morgan fingerprint density at radius 3 is 1.92 bits per heavy atom. The molecule has 1 aromatic rings. The van der Waals surface area contributed by atoms with Gasteiger partial charge in [0.1, 0.15) is 12.4 Å². The topological polar surface area (TPSA) is 21.3 Å². The van der Waals surface area contributed by atoms with Gasteiger partial charge in [0.2, 0.25) is 0 Å². The summed E-state index contributed by atoms with van der Waals surface area (Å²) in [6.45, 7) is 3.11. The molecule has 2 rings (SSSR count). The molecule has 0 bridgehead atoms. The quantitative estimate of drug-likeness (QED) is 0.323. The number of para-hydroxylation sites is 2. The summed E-state index contributed by atoms with van der Waals surface area (Å²) in [4.78, 5) is 0. The van der Waals surface area contributed by atoms with Gasteiger partial charge in [0.15, 0.2) is 0 Å². The molecule has 0 aliphatic carbocycles. The SMILES string of the molecule is CCCCCCCCCCCCCCCCC1COc2ccccc2N1. The van der Waals surface area contributed by atoms with Gasteiger partial charge in [-0.25, -0.2) is 0 Å². The number of hydrogen-bond acceptors (Lipinski definition) is 2. The molecular weight excluding hydrogens is 318 g/mol. The number of rotatable bonds is 15. The highest BCUT2D eigenvalue weighted by Crippen LogP contribution is 2.29. The van der Waals surface area contributed by atoms with E-state index in [1.54, 1.807) is 0 Å². The standard InChI is InChI=1S/C24H41NO/c1-2-3-4-5-6-7-8-9-10-11-12-13-14-15-18-22-21-26-24-20-17-16-19-23(24)25-22/h16-17,19-20,22,25H,2-15,18,21H2,1H3. The Morgan fingerprint density at radius 2 is 1.31 bits per heavy atom. The molecule has 0 saturated heterocycles. The van der Waals surface area contributed by atoms with Crippen LogP contribution in [0.15, 0.2) is 24.3 Å². The first-order chi connectivity index (χ1) is 12.9. The molecule has 2 heteroatoms. The summed E-state index contributed by atoms with van der Waals surface area (Å²) in [7, 11) is 0. The van der Waals surface area contributed by atoms with Crippen molar-refractivity contribution in [2.45, 2.75) is 109 Å². The van der Waals surface area contributed by atoms with Crippen LogP contribution in [0.4, 0.5) is 5.69 Å². The van der Waals surface area contributed by atoms with Crippen molar-refractivity contribution < 1.29 is 4.74 Å². The maximum Gasteiger partial charge on any atom is 0.142 e. The number of ether oxygens (including phenoxy) is 1. The molecule has 1 N–H and O–H groups in total. The first-order valence-corrected chi connectivity index (χ1v) is 11.4. The molecule has 1 aliphatic rings. The second-order valence-electron chi connectivity index (χ2n) is 8.03. The lowest BCUT2D eigenvalue weighted by Gasteiger charge is -2.27. The monoisotopic (exact) mass is 359 g/mol. The zero-order chi connectivity index (χ0) is 18.3. The summed E-state index contributed by atoms with van der Waals surface area (Å²) in [5.74, 6) is 1.00. The van der Waals surface area contributed by atoms with Gasteiger partial charge in [0, 0.05) is 0 Å². The molecule has 0 saturated carbocycles. The van der Waals surface area contributed by atoms with Crippen molar-refractivity contribution in [2.75, 3.05) is 11.9 Å². The normalized spacial score (nSPS) is 16.0. The third kappa shape index (κ3) is 8.96. The highest BCUT2D eigenvalue weighted by atomic mass is 16.5. The lowest BCUT2D eigenvalue weighted by Crippen LogP contribution is -2.31. The van der Waals surface area contributed by atoms with E-state index < -0.39 is 0 Å². The first kappa shape index (κ1) is 21.1. The van der Waals surface area contributed by atoms with E-state index >= 15 is 0 Å². The smallest absolute Gasteiger partial charge is 0.142 e. The number of nitrogens with one attached hydrogen (secondary N) is 1. The van der Waals surface area contributed by atoms with Crippen molar-refractivity contribution in [3.8, 4) is 5.75 Å². The van der Waals surface area contributed by atoms with Crippen LogP contribution in [0.5, 0.6) is 5.75 Å². The average Bonchev–Trinajstić information content (AvgIpc) is 2.68. The molecule has 2 nitrogen and oxygen atoms in total. The van der Waals surface area contributed by atoms with Crippen molar-refractivity contribution in [1.82, 2.24) is 0 Å². The lowest BCUT2D eigenvalue weighted by molar-refractivity contribution is 0.275. The minimum Gasteiger partial charge on any atom is -0.489 e. The third-order valence-corrected chi connectivity index (χ3v) is 5.59. The molecule has 0 radical (unpaired) electrons. The summed E-state index contributed by atoms with van der Waals surface area (Å²) < 4.78 is 5.84. The molecule has 0 spiro atoms. The van der Waals surface area contributed by atoms with Crippen molar-refractivity contribution in [3.63, 3.8) is 0 Å². The maximum absolute atomic E-state index is 5.84. The number of anilines is 1. The molecule has 0 amide bonds. The minimum atomic E-state index is 0.488. The fourth-order valence-electron chi connectivity index (χ4n) is 3.90. The van der Waals surface area contributed by atoms with E-state index in [4.69, 9.17) is 4.74 Å². The molecular formula is C24H41NO. The van der Waals surface area contributed by atoms with Gasteiger partial charge in [-0.05, 0) is 18.6 Å². The Hall–Kier alpha value is -1.18. The molecule has 26 heavy (non-hydrogen) atoms. The Balaban J connectivity index is 1.34. The summed E-state index contributed by atoms with van der Waals surface area (Å²) >= 11 is 0. The molecule has 1 heterocycles. The average molecular weight is 360 g/mol. The van der Waals surface area contributed by atoms with Crippen LogP contribution in [0, 0.1) is 0 Å². The van der Waals surface area contributed by atoms with Crippen LogP contribution in [0.25, 0.3) is 0 Å². The molecule has 1 atom stereocenters. The highest BCUT2D eigenvalue weighted by Gasteiger charge is 2.17. The lowest BCUT2D eigenvalue weighted by atomic mass is 10.0. The summed E-state index contributed by atoms with van der Waals surface area (Å²) in [6.07, 6.45) is 21.2. The van der Waals surface area contributed by atoms with Crippen LogP contribution in [0.1, 0.15) is 103 Å². The van der Waals surface area contributed by atoms with Gasteiger partial charge < -0.3 is 10.1 Å². The molecule has 1 aromatic carbocycles. The Bertz CT molecular complexity index is 459. The van der Waals surface area contributed by atoms with E-state index in [0.29, 0.717) is 6.04 Å². The Morgan fingerprint density at radius 1 is 0.769 bits per heavy atom. The van der Waals surface area contributed by atoms with E-state index in [1.165, 1.54) is 96.3 Å². The van der Waals surface area contributed by atoms with Crippen LogP contribution in [0.3, 0.4) is 0 Å². The van der Waals surface area contributed by atoms with Crippen LogP contribution in [-0.4, -0.2) is 12.6 Å². The second kappa shape index (κ2) is 13.9. The largest absolute Gasteiger partial charge is 0.489 e. The van der Waals surface area contributed by atoms with Crippen LogP contribution >= 0.6 is 0 Å². The van der Waals surface area contributed by atoms with E-state index in [2.05, 4.69) is 24.4 Å². The Labute approximate surface area is 162 Å². The van der Waals surface area contributed by atoms with E-state index in [1.807, 2.05) is 12.1 Å². The zero-order valence-corrected chi connectivity index (χ0v) is 17.1. The first-order valence-electron chi connectivity index (χ1n) is 11.4. The number of hydrogen-bond donors (Lipinski definition) is 1. The van der Waals surface area contributed by atoms with Gasteiger partial charge in [-0.15, -0.1) is 0 Å². The minimum absolute atomic E-state index is 0.488. The van der Waals surface area contributed by atoms with E-state index in [-0.39, 0.29) is 0 Å². The van der Waals surface area contributed by atoms with Crippen molar-refractivity contribution in [3.05, 3.63) is 24.3 Å². The third-order valence-electron chi connectivity index (χ3n) is 5.59. The van der Waals surface area contributed by atoms with Crippen molar-refractivity contribution in [1.29, 1.82) is 0 Å². The molecule has 1 unspecified atom stereocenters. The van der Waals surface area contributed by atoms with Crippen molar-refractivity contribution >= 4 is 5.69 Å². The molecule has 148 valence electrons. The predicted octanol–water partition coefficient (Wildman–Crippen LogP) is 7.73. The predicted molar refractivity (Wildman–Crippen MR) is 114 cm³/mol. The molecule has 1 aliphatic heterocycles. The number of unbranched alkanes of at least 4 members (excludes halogenated alkanes) is 13. The molecule has 0 aromatic heterocycles. The van der Waals surface area contributed by atoms with Gasteiger partial charge in [0.05, 0.1) is 11.7 Å². The summed E-state index contributed by atoms with van der Waals surface area (Å²) in [6, 6.07) is 8.76. The van der Waals surface area contributed by atoms with E-state index in [9.17, 15) is 0 Å². The fraction of sp³-hybridized carbons (Fsp3) is 0.750. The summed E-state index contributed by atoms with van der Waals surface area (Å²) in [5, 5.41) is 3.62. The highest BCUT2D eigenvalue weighted by molar-refractivity contribution is 5.58. The van der Waals surface area contributed by atoms with Crippen LogP contribution < -0.4 is 10.1 Å². The Kier molecular flexibility index (Phi) is 11.3. The van der Waals surface area contributed by atoms with Gasteiger partial charge in [-0.3, -0.25) is 0 Å². The van der Waals surface area contributed by atoms with E-state index in [0.717, 1.165) is 18.0 Å². The van der Waals surface area contributed by atoms with Gasteiger partial charge in [-0.1, -0.05) is 109 Å². The van der Waals surface area contributed by atoms with Gasteiger partial charge >= 0.3 is 0 Å². The van der Waals surface area contributed by atoms with Gasteiger partial charge in [0.25, 0.3) is 0 Å². The van der Waals surface area contributed by atoms with Crippen molar-refractivity contribution in [2.24, 2.45) is 0 Å². The molecule has 0 fully saturated rings. The maximum atomic E-state index is 5.84. The second-order valence-corrected chi connectivity index (χ2v) is 8.03. The van der Waals surface area contributed by atoms with Crippen LogP contribution in [0.2, 0.25) is 0 Å². The van der Waals surface area contributed by atoms with Gasteiger partial charge in [-0.2, -0.15) is 0 Å².